The first kappa shape index (κ1) is 12.5. The fourth-order valence-corrected chi connectivity index (χ4v) is 4.17. The van der Waals surface area contributed by atoms with Crippen LogP contribution < -0.4 is 0 Å². The molecule has 0 aliphatic carbocycles. The molecule has 3 aromatic rings. The summed E-state index contributed by atoms with van der Waals surface area (Å²) in [7, 11) is 0. The average Bonchev–Trinajstić information content (AvgIpc) is 2.72. The van der Waals surface area contributed by atoms with Crippen molar-refractivity contribution in [3.8, 4) is 5.75 Å². The number of aryl methyl sites for hydroxylation is 2. The number of phenolic OH excluding ortho intramolecular Hbond substituents is 1. The van der Waals surface area contributed by atoms with Crippen LogP contribution in [-0.4, -0.2) is 10.1 Å². The molecule has 0 fully saturated rings. The highest BCUT2D eigenvalue weighted by Crippen LogP contribution is 2.38. The first-order valence-corrected chi connectivity index (χ1v) is 7.61. The van der Waals surface area contributed by atoms with Crippen molar-refractivity contribution >= 4 is 33.9 Å². The van der Waals surface area contributed by atoms with Gasteiger partial charge in [0.05, 0.1) is 5.69 Å². The summed E-state index contributed by atoms with van der Waals surface area (Å²) < 4.78 is 1.05. The monoisotopic (exact) mass is 287 g/mol. The Hall–Kier alpha value is -1.52. The van der Waals surface area contributed by atoms with Crippen LogP contribution in [0.3, 0.4) is 0 Å². The number of nitrogens with zero attached hydrogens (tertiary/aromatic N) is 1. The Bertz CT molecular complexity index is 729. The van der Waals surface area contributed by atoms with E-state index in [0.717, 1.165) is 25.7 Å². The summed E-state index contributed by atoms with van der Waals surface area (Å²) in [4.78, 5) is 6.94. The number of hydrogen-bond acceptors (Lipinski definition) is 4. The molecule has 0 unspecified atom stereocenters. The lowest BCUT2D eigenvalue weighted by Gasteiger charge is -2.06. The first-order valence-electron chi connectivity index (χ1n) is 5.98. The number of aromatic hydroxyl groups is 1. The third-order valence-electron chi connectivity index (χ3n) is 3.07. The van der Waals surface area contributed by atoms with E-state index in [0.29, 0.717) is 5.75 Å². The quantitative estimate of drug-likeness (QED) is 0.737. The number of rotatable bonds is 2. The van der Waals surface area contributed by atoms with Crippen molar-refractivity contribution < 1.29 is 5.11 Å². The molecule has 96 valence electrons. The lowest BCUT2D eigenvalue weighted by molar-refractivity contribution is 0.481. The SMILES string of the molecule is Cc1nc(Sc2ccc(O)c3ccccc23)sc1C. The van der Waals surface area contributed by atoms with E-state index in [-0.39, 0.29) is 0 Å². The van der Waals surface area contributed by atoms with E-state index in [1.54, 1.807) is 29.2 Å². The van der Waals surface area contributed by atoms with E-state index < -0.39 is 0 Å². The maximum atomic E-state index is 9.89. The summed E-state index contributed by atoms with van der Waals surface area (Å²) in [6.45, 7) is 4.12. The molecule has 0 aliphatic rings. The molecule has 0 saturated carbocycles. The van der Waals surface area contributed by atoms with Crippen molar-refractivity contribution in [1.82, 2.24) is 4.98 Å². The van der Waals surface area contributed by atoms with Crippen LogP contribution >= 0.6 is 23.1 Å². The fourth-order valence-electron chi connectivity index (χ4n) is 1.93. The van der Waals surface area contributed by atoms with Crippen molar-refractivity contribution in [3.05, 3.63) is 47.0 Å². The van der Waals surface area contributed by atoms with Crippen molar-refractivity contribution in [2.24, 2.45) is 0 Å². The topological polar surface area (TPSA) is 33.1 Å². The maximum absolute atomic E-state index is 9.89. The second kappa shape index (κ2) is 4.87. The molecule has 4 heteroatoms. The minimum absolute atomic E-state index is 0.325. The normalized spacial score (nSPS) is 11.1. The largest absolute Gasteiger partial charge is 0.507 e. The molecule has 2 nitrogen and oxygen atoms in total. The van der Waals surface area contributed by atoms with Gasteiger partial charge in [-0.2, -0.15) is 0 Å². The van der Waals surface area contributed by atoms with Gasteiger partial charge in [-0.1, -0.05) is 36.0 Å². The Morgan fingerprint density at radius 3 is 2.47 bits per heavy atom. The van der Waals surface area contributed by atoms with Gasteiger partial charge in [-0.05, 0) is 31.4 Å². The van der Waals surface area contributed by atoms with Crippen molar-refractivity contribution in [1.29, 1.82) is 0 Å². The number of phenols is 1. The number of benzene rings is 2. The molecule has 0 aliphatic heterocycles. The summed E-state index contributed by atoms with van der Waals surface area (Å²) in [6.07, 6.45) is 0. The summed E-state index contributed by atoms with van der Waals surface area (Å²) >= 11 is 3.37. The van der Waals surface area contributed by atoms with Crippen LogP contribution in [0.1, 0.15) is 10.6 Å². The summed E-state index contributed by atoms with van der Waals surface area (Å²) in [5.74, 6) is 0.325. The van der Waals surface area contributed by atoms with Crippen LogP contribution in [0.15, 0.2) is 45.6 Å². The van der Waals surface area contributed by atoms with Crippen molar-refractivity contribution in [2.75, 3.05) is 0 Å². The average molecular weight is 287 g/mol. The summed E-state index contributed by atoms with van der Waals surface area (Å²) in [6, 6.07) is 11.6. The molecule has 1 N–H and O–H groups in total. The van der Waals surface area contributed by atoms with Gasteiger partial charge in [0.25, 0.3) is 0 Å². The van der Waals surface area contributed by atoms with Gasteiger partial charge >= 0.3 is 0 Å². The first-order chi connectivity index (χ1) is 9.15. The summed E-state index contributed by atoms with van der Waals surface area (Å²) in [5, 5.41) is 11.8. The highest BCUT2D eigenvalue weighted by molar-refractivity contribution is 8.01. The van der Waals surface area contributed by atoms with Crippen molar-refractivity contribution in [3.63, 3.8) is 0 Å². The van der Waals surface area contributed by atoms with Gasteiger partial charge < -0.3 is 5.11 Å². The molecule has 0 radical (unpaired) electrons. The zero-order chi connectivity index (χ0) is 13.4. The molecular weight excluding hydrogens is 274 g/mol. The molecule has 2 aromatic carbocycles. The Balaban J connectivity index is 2.08. The lowest BCUT2D eigenvalue weighted by atomic mass is 10.1. The van der Waals surface area contributed by atoms with Crippen LogP contribution in [-0.2, 0) is 0 Å². The van der Waals surface area contributed by atoms with Crippen LogP contribution in [0.4, 0.5) is 0 Å². The van der Waals surface area contributed by atoms with E-state index in [2.05, 4.69) is 11.9 Å². The van der Waals surface area contributed by atoms with Crippen LogP contribution in [0, 0.1) is 13.8 Å². The predicted octanol–water partition coefficient (Wildman–Crippen LogP) is 4.77. The number of thiazole rings is 1. The van der Waals surface area contributed by atoms with E-state index >= 15 is 0 Å². The molecule has 0 spiro atoms. The van der Waals surface area contributed by atoms with E-state index in [4.69, 9.17) is 0 Å². The van der Waals surface area contributed by atoms with Gasteiger partial charge in [0, 0.05) is 15.2 Å². The Kier molecular flexibility index (Phi) is 3.21. The van der Waals surface area contributed by atoms with E-state index in [1.165, 1.54) is 4.88 Å². The van der Waals surface area contributed by atoms with E-state index in [1.807, 2.05) is 37.3 Å². The molecule has 19 heavy (non-hydrogen) atoms. The minimum Gasteiger partial charge on any atom is -0.507 e. The zero-order valence-electron chi connectivity index (χ0n) is 10.7. The Morgan fingerprint density at radius 2 is 1.79 bits per heavy atom. The standard InChI is InChI=1S/C15H13NOS2/c1-9-10(2)18-15(16-9)19-14-8-7-13(17)11-5-3-4-6-12(11)14/h3-8,17H,1-2H3. The molecule has 1 aromatic heterocycles. The number of fused-ring (bicyclic) bond motifs is 1. The fraction of sp³-hybridized carbons (Fsp3) is 0.133. The number of aromatic nitrogens is 1. The van der Waals surface area contributed by atoms with Gasteiger partial charge in [-0.25, -0.2) is 4.98 Å². The summed E-state index contributed by atoms with van der Waals surface area (Å²) in [5.41, 5.74) is 1.09. The van der Waals surface area contributed by atoms with Crippen LogP contribution in [0.5, 0.6) is 5.75 Å². The van der Waals surface area contributed by atoms with Crippen LogP contribution in [0.2, 0.25) is 0 Å². The third-order valence-corrected chi connectivity index (χ3v) is 5.28. The molecule has 0 amide bonds. The van der Waals surface area contributed by atoms with Gasteiger partial charge in [-0.3, -0.25) is 0 Å². The molecule has 0 atom stereocenters. The molecule has 3 rings (SSSR count). The lowest BCUT2D eigenvalue weighted by Crippen LogP contribution is -1.79. The minimum atomic E-state index is 0.325. The molecular formula is C15H13NOS2. The van der Waals surface area contributed by atoms with Gasteiger partial charge in [0.15, 0.2) is 4.34 Å². The maximum Gasteiger partial charge on any atom is 0.155 e. The zero-order valence-corrected chi connectivity index (χ0v) is 12.3. The second-order valence-corrected chi connectivity index (χ2v) is 6.84. The third kappa shape index (κ3) is 2.33. The molecule has 1 heterocycles. The van der Waals surface area contributed by atoms with Gasteiger partial charge in [0.2, 0.25) is 0 Å². The highest BCUT2D eigenvalue weighted by Gasteiger charge is 2.09. The Morgan fingerprint density at radius 1 is 1.05 bits per heavy atom. The van der Waals surface area contributed by atoms with E-state index in [9.17, 15) is 5.11 Å². The smallest absolute Gasteiger partial charge is 0.155 e. The number of hydrogen-bond donors (Lipinski definition) is 1. The van der Waals surface area contributed by atoms with Crippen LogP contribution in [0.25, 0.3) is 10.8 Å². The highest BCUT2D eigenvalue weighted by atomic mass is 32.2. The Labute approximate surface area is 120 Å². The molecule has 0 saturated heterocycles. The predicted molar refractivity (Wildman–Crippen MR) is 81.3 cm³/mol. The second-order valence-electron chi connectivity index (χ2n) is 4.35. The molecule has 0 bridgehead atoms. The van der Waals surface area contributed by atoms with Gasteiger partial charge in [-0.15, -0.1) is 11.3 Å². The van der Waals surface area contributed by atoms with Gasteiger partial charge in [0.1, 0.15) is 5.75 Å². The van der Waals surface area contributed by atoms with Crippen molar-refractivity contribution in [2.45, 2.75) is 23.1 Å².